The lowest BCUT2D eigenvalue weighted by Gasteiger charge is -2.07. The Morgan fingerprint density at radius 3 is 1.44 bits per heavy atom. The smallest absolute Gasteiger partial charge is 0.315 e. The Kier molecular flexibility index (Phi) is 9.46. The van der Waals surface area contributed by atoms with E-state index in [1.54, 1.807) is 12.1 Å². The number of aromatic hydroxyl groups is 4. The first-order valence-corrected chi connectivity index (χ1v) is 10.6. The second kappa shape index (κ2) is 12.7. The standard InChI is InChI=1S/C23H18N6O10/c24-10-14(4-12-6-16(28(36)37)20(32)18(30)8-12)22(34)26-2-1-3-27-23(35)15(11-25)5-13-7-17(29(38)39)21(33)19(31)9-13/h4-9,30-33H,1-3H2,(H,26,34)(H,27,35)/b14-4+,15-5+. The molecule has 2 aromatic carbocycles. The quantitative estimate of drug-likeness (QED) is 0.0626. The van der Waals surface area contributed by atoms with Gasteiger partial charge in [0.05, 0.1) is 9.85 Å². The number of hydrogen-bond donors (Lipinski definition) is 6. The van der Waals surface area contributed by atoms with Gasteiger partial charge in [-0.1, -0.05) is 0 Å². The molecule has 0 aliphatic carbocycles. The van der Waals surface area contributed by atoms with Crippen LogP contribution < -0.4 is 10.6 Å². The van der Waals surface area contributed by atoms with Gasteiger partial charge in [0.25, 0.3) is 11.8 Å². The van der Waals surface area contributed by atoms with Crippen LogP contribution in [0.3, 0.4) is 0 Å². The summed E-state index contributed by atoms with van der Waals surface area (Å²) in [6.07, 6.45) is 2.04. The number of nitrogens with one attached hydrogen (secondary N) is 2. The maximum absolute atomic E-state index is 12.3. The predicted molar refractivity (Wildman–Crippen MR) is 131 cm³/mol. The topological polar surface area (TPSA) is 273 Å². The van der Waals surface area contributed by atoms with Gasteiger partial charge in [-0.25, -0.2) is 0 Å². The third kappa shape index (κ3) is 7.41. The van der Waals surface area contributed by atoms with Crippen LogP contribution in [0.4, 0.5) is 11.4 Å². The number of nitrogens with zero attached hydrogens (tertiary/aromatic N) is 4. The molecule has 0 spiro atoms. The van der Waals surface area contributed by atoms with Crippen molar-refractivity contribution < 1.29 is 39.9 Å². The number of benzene rings is 2. The molecule has 2 amide bonds. The Bertz CT molecular complexity index is 1390. The molecule has 0 fully saturated rings. The minimum atomic E-state index is -0.973. The third-order valence-corrected chi connectivity index (χ3v) is 4.85. The Labute approximate surface area is 218 Å². The van der Waals surface area contributed by atoms with Gasteiger partial charge in [-0.2, -0.15) is 10.5 Å². The van der Waals surface area contributed by atoms with Gasteiger partial charge < -0.3 is 31.1 Å². The molecule has 0 heterocycles. The van der Waals surface area contributed by atoms with Crippen molar-refractivity contribution in [3.63, 3.8) is 0 Å². The van der Waals surface area contributed by atoms with E-state index in [1.165, 1.54) is 0 Å². The van der Waals surface area contributed by atoms with Crippen LogP contribution in [0.5, 0.6) is 23.0 Å². The van der Waals surface area contributed by atoms with Crippen molar-refractivity contribution in [1.29, 1.82) is 10.5 Å². The summed E-state index contributed by atoms with van der Waals surface area (Å²) in [5.41, 5.74) is -2.81. The fourth-order valence-corrected chi connectivity index (χ4v) is 3.01. The van der Waals surface area contributed by atoms with Gasteiger partial charge in [-0.3, -0.25) is 29.8 Å². The van der Waals surface area contributed by atoms with E-state index in [-0.39, 0.29) is 30.6 Å². The Balaban J connectivity index is 1.98. The van der Waals surface area contributed by atoms with Gasteiger partial charge in [-0.15, -0.1) is 0 Å². The van der Waals surface area contributed by atoms with Crippen molar-refractivity contribution in [1.82, 2.24) is 10.6 Å². The molecule has 2 aromatic rings. The number of phenols is 4. The van der Waals surface area contributed by atoms with Crippen molar-refractivity contribution >= 4 is 35.3 Å². The number of phenolic OH excluding ortho intramolecular Hbond substituents is 4. The highest BCUT2D eigenvalue weighted by molar-refractivity contribution is 6.02. The number of amides is 2. The summed E-state index contributed by atoms with van der Waals surface area (Å²) in [6.45, 7) is -0.106. The van der Waals surface area contributed by atoms with Crippen LogP contribution in [0.15, 0.2) is 35.4 Å². The molecule has 0 unspecified atom stereocenters. The van der Waals surface area contributed by atoms with Crippen molar-refractivity contribution in [2.75, 3.05) is 13.1 Å². The maximum atomic E-state index is 12.3. The molecular weight excluding hydrogens is 520 g/mol. The van der Waals surface area contributed by atoms with Gasteiger partial charge in [0.15, 0.2) is 11.5 Å². The van der Waals surface area contributed by atoms with Gasteiger partial charge in [0, 0.05) is 25.2 Å². The predicted octanol–water partition coefficient (Wildman–Crippen LogP) is 1.46. The molecule has 0 aliphatic heterocycles. The van der Waals surface area contributed by atoms with Crippen molar-refractivity contribution in [3.05, 3.63) is 66.8 Å². The second-order valence-corrected chi connectivity index (χ2v) is 7.53. The van der Waals surface area contributed by atoms with Crippen LogP contribution in [0.1, 0.15) is 17.5 Å². The molecule has 16 nitrogen and oxygen atoms in total. The largest absolute Gasteiger partial charge is 0.504 e. The molecule has 39 heavy (non-hydrogen) atoms. The molecule has 0 saturated heterocycles. The number of nitro groups is 2. The van der Waals surface area contributed by atoms with Crippen LogP contribution in [0, 0.1) is 42.9 Å². The van der Waals surface area contributed by atoms with E-state index < -0.39 is 67.2 Å². The highest BCUT2D eigenvalue weighted by Gasteiger charge is 2.20. The molecule has 0 saturated carbocycles. The van der Waals surface area contributed by atoms with E-state index in [0.717, 1.165) is 36.4 Å². The zero-order valence-electron chi connectivity index (χ0n) is 19.6. The van der Waals surface area contributed by atoms with E-state index in [2.05, 4.69) is 10.6 Å². The molecule has 6 N–H and O–H groups in total. The summed E-state index contributed by atoms with van der Waals surface area (Å²) in [6, 6.07) is 6.75. The molecule has 2 rings (SSSR count). The van der Waals surface area contributed by atoms with E-state index in [9.17, 15) is 60.8 Å². The molecule has 200 valence electrons. The highest BCUT2D eigenvalue weighted by Crippen LogP contribution is 2.37. The van der Waals surface area contributed by atoms with E-state index in [1.807, 2.05) is 0 Å². The van der Waals surface area contributed by atoms with Gasteiger partial charge >= 0.3 is 11.4 Å². The van der Waals surface area contributed by atoms with Crippen LogP contribution in [-0.2, 0) is 9.59 Å². The monoisotopic (exact) mass is 538 g/mol. The Hall–Kier alpha value is -6.16. The normalized spacial score (nSPS) is 11.1. The van der Waals surface area contributed by atoms with Crippen molar-refractivity contribution in [3.8, 4) is 35.1 Å². The lowest BCUT2D eigenvalue weighted by Crippen LogP contribution is -2.30. The Morgan fingerprint density at radius 1 is 0.769 bits per heavy atom. The number of rotatable bonds is 10. The highest BCUT2D eigenvalue weighted by atomic mass is 16.6. The zero-order chi connectivity index (χ0) is 29.3. The number of carbonyl (C=O) groups excluding carboxylic acids is 2. The van der Waals surface area contributed by atoms with Crippen molar-refractivity contribution in [2.24, 2.45) is 0 Å². The minimum Gasteiger partial charge on any atom is -0.504 e. The lowest BCUT2D eigenvalue weighted by atomic mass is 10.1. The summed E-state index contributed by atoms with van der Waals surface area (Å²) in [7, 11) is 0. The number of hydrogen-bond acceptors (Lipinski definition) is 12. The van der Waals surface area contributed by atoms with Crippen LogP contribution >= 0.6 is 0 Å². The van der Waals surface area contributed by atoms with E-state index >= 15 is 0 Å². The molecule has 0 bridgehead atoms. The summed E-state index contributed by atoms with van der Waals surface area (Å²) >= 11 is 0. The number of nitro benzene ring substituents is 2. The molecule has 0 radical (unpaired) electrons. The summed E-state index contributed by atoms with van der Waals surface area (Å²) < 4.78 is 0. The van der Waals surface area contributed by atoms with Crippen LogP contribution in [0.2, 0.25) is 0 Å². The summed E-state index contributed by atoms with van der Waals surface area (Å²) in [5.74, 6) is -5.33. The fraction of sp³-hybridized carbons (Fsp3) is 0.130. The summed E-state index contributed by atoms with van der Waals surface area (Å²) in [4.78, 5) is 44.5. The molecule has 16 heteroatoms. The zero-order valence-corrected chi connectivity index (χ0v) is 19.6. The van der Waals surface area contributed by atoms with Crippen molar-refractivity contribution in [2.45, 2.75) is 6.42 Å². The van der Waals surface area contributed by atoms with Gasteiger partial charge in [0.2, 0.25) is 11.5 Å². The SMILES string of the molecule is N#C/C(=C\c1cc(O)c(O)c([N+](=O)[O-])c1)C(=O)NCCCNC(=O)/C(C#N)=C/c1cc(O)c(O)c([N+](=O)[O-])c1. The molecular formula is C23H18N6O10. The Morgan fingerprint density at radius 2 is 1.13 bits per heavy atom. The first kappa shape index (κ1) is 29.1. The summed E-state index contributed by atoms with van der Waals surface area (Å²) in [5, 5.41) is 83.4. The number of carbonyl (C=O) groups is 2. The third-order valence-electron chi connectivity index (χ3n) is 4.85. The van der Waals surface area contributed by atoms with Crippen LogP contribution in [0.25, 0.3) is 12.2 Å². The first-order chi connectivity index (χ1) is 18.4. The number of nitriles is 2. The maximum Gasteiger partial charge on any atom is 0.315 e. The fourth-order valence-electron chi connectivity index (χ4n) is 3.01. The lowest BCUT2D eigenvalue weighted by molar-refractivity contribution is -0.386. The molecule has 0 aliphatic rings. The average Bonchev–Trinajstić information content (AvgIpc) is 2.88. The molecule has 0 aromatic heterocycles. The average molecular weight is 538 g/mol. The van der Waals surface area contributed by atoms with Crippen LogP contribution in [-0.4, -0.2) is 55.2 Å². The minimum absolute atomic E-state index is 0.0528. The van der Waals surface area contributed by atoms with E-state index in [0.29, 0.717) is 0 Å². The van der Waals surface area contributed by atoms with Gasteiger partial charge in [-0.05, 0) is 41.8 Å². The molecule has 0 atom stereocenters. The van der Waals surface area contributed by atoms with E-state index in [4.69, 9.17) is 0 Å². The second-order valence-electron chi connectivity index (χ2n) is 7.53. The van der Waals surface area contributed by atoms with Gasteiger partial charge in [0.1, 0.15) is 23.3 Å². The first-order valence-electron chi connectivity index (χ1n) is 10.6.